The van der Waals surface area contributed by atoms with Crippen LogP contribution in [0.1, 0.15) is 44.2 Å². The molecule has 0 unspecified atom stereocenters. The summed E-state index contributed by atoms with van der Waals surface area (Å²) in [4.78, 5) is 25.6. The number of benzene rings is 1. The highest BCUT2D eigenvalue weighted by molar-refractivity contribution is 6.35. The summed E-state index contributed by atoms with van der Waals surface area (Å²) in [6.45, 7) is 5.62. The Hall–Kier alpha value is -3.18. The van der Waals surface area contributed by atoms with Crippen molar-refractivity contribution in [1.82, 2.24) is 19.5 Å². The van der Waals surface area contributed by atoms with Crippen molar-refractivity contribution in [1.29, 1.82) is 5.26 Å². The molecule has 2 aromatic heterocycles. The molecule has 0 amide bonds. The van der Waals surface area contributed by atoms with E-state index in [1.54, 1.807) is 22.8 Å². The van der Waals surface area contributed by atoms with Crippen LogP contribution in [0.4, 0.5) is 11.6 Å². The summed E-state index contributed by atoms with van der Waals surface area (Å²) in [7, 11) is 0. The van der Waals surface area contributed by atoms with Gasteiger partial charge >= 0.3 is 0 Å². The lowest BCUT2D eigenvalue weighted by molar-refractivity contribution is 0.525. The van der Waals surface area contributed by atoms with E-state index in [0.29, 0.717) is 21.7 Å². The molecule has 1 aromatic carbocycles. The Morgan fingerprint density at radius 1 is 1.30 bits per heavy atom. The van der Waals surface area contributed by atoms with Gasteiger partial charge in [0.05, 0.1) is 22.0 Å². The maximum absolute atomic E-state index is 13.1. The zero-order chi connectivity index (χ0) is 19.7. The minimum absolute atomic E-state index is 0.0849. The number of nitriles is 1. The molecule has 3 N–H and O–H groups in total. The lowest BCUT2D eigenvalue weighted by Crippen LogP contribution is -2.30. The number of aromatic nitrogens is 4. The van der Waals surface area contributed by atoms with Crippen molar-refractivity contribution in [2.75, 3.05) is 11.1 Å². The van der Waals surface area contributed by atoms with Crippen LogP contribution in [-0.2, 0) is 0 Å². The van der Waals surface area contributed by atoms with Crippen LogP contribution in [0.5, 0.6) is 0 Å². The third-order valence-electron chi connectivity index (χ3n) is 4.15. The predicted octanol–water partition coefficient (Wildman–Crippen LogP) is 3.05. The summed E-state index contributed by atoms with van der Waals surface area (Å²) in [6, 6.07) is 6.58. The number of nitrogens with one attached hydrogen (secondary N) is 1. The molecule has 138 valence electrons. The average Bonchev–Trinajstić information content (AvgIpc) is 2.61. The van der Waals surface area contributed by atoms with E-state index in [4.69, 9.17) is 17.3 Å². The average molecular weight is 384 g/mol. The molecule has 0 fully saturated rings. The molecule has 2 heterocycles. The number of nitrogens with zero attached hydrogens (tertiary/aromatic N) is 5. The maximum Gasteiger partial charge on any atom is 0.263 e. The fraction of sp³-hybridized carbons (Fsp3) is 0.278. The summed E-state index contributed by atoms with van der Waals surface area (Å²) in [5.74, 6) is 0.876. The van der Waals surface area contributed by atoms with Crippen LogP contribution >= 0.6 is 11.6 Å². The van der Waals surface area contributed by atoms with Crippen LogP contribution in [0.25, 0.3) is 10.9 Å². The van der Waals surface area contributed by atoms with Crippen LogP contribution in [0.15, 0.2) is 29.3 Å². The van der Waals surface area contributed by atoms with Gasteiger partial charge in [0, 0.05) is 6.04 Å². The van der Waals surface area contributed by atoms with Gasteiger partial charge in [-0.1, -0.05) is 17.7 Å². The highest BCUT2D eigenvalue weighted by atomic mass is 35.5. The molecule has 9 heteroatoms. The maximum atomic E-state index is 13.1. The van der Waals surface area contributed by atoms with Crippen molar-refractivity contribution < 1.29 is 0 Å². The highest BCUT2D eigenvalue weighted by Gasteiger charge is 2.21. The van der Waals surface area contributed by atoms with E-state index in [9.17, 15) is 10.1 Å². The van der Waals surface area contributed by atoms with E-state index >= 15 is 0 Å². The van der Waals surface area contributed by atoms with E-state index in [1.165, 1.54) is 6.33 Å². The first-order valence-corrected chi connectivity index (χ1v) is 8.70. The van der Waals surface area contributed by atoms with Crippen molar-refractivity contribution in [3.05, 3.63) is 51.3 Å². The van der Waals surface area contributed by atoms with E-state index in [-0.39, 0.29) is 28.8 Å². The highest BCUT2D eigenvalue weighted by Crippen LogP contribution is 2.25. The second-order valence-electron chi connectivity index (χ2n) is 6.33. The van der Waals surface area contributed by atoms with Crippen molar-refractivity contribution in [3.8, 4) is 6.07 Å². The number of nitrogen functional groups attached to an aromatic ring is 1. The van der Waals surface area contributed by atoms with Crippen molar-refractivity contribution in [3.63, 3.8) is 0 Å². The van der Waals surface area contributed by atoms with E-state index in [1.807, 2.05) is 26.8 Å². The number of anilines is 2. The molecule has 3 aromatic rings. The first kappa shape index (κ1) is 18.6. The Morgan fingerprint density at radius 3 is 2.70 bits per heavy atom. The van der Waals surface area contributed by atoms with Crippen molar-refractivity contribution >= 4 is 34.1 Å². The molecule has 1 atom stereocenters. The summed E-state index contributed by atoms with van der Waals surface area (Å²) in [5.41, 5.74) is 6.18. The minimum atomic E-state index is -0.426. The molecule has 0 aliphatic heterocycles. The Labute approximate surface area is 160 Å². The molecule has 0 spiro atoms. The standard InChI is InChI=1S/C18H18ClN7O/c1-9(2)26-17(25-13-6-4-5-12(19)14(13)18(26)27)10(3)24-16-11(7-20)15(21)22-8-23-16/h4-6,8-10H,1-3H3,(H3,21,22,23,24)/t10-/m0/s1. The monoisotopic (exact) mass is 383 g/mol. The Morgan fingerprint density at radius 2 is 2.04 bits per heavy atom. The number of hydrogen-bond acceptors (Lipinski definition) is 7. The largest absolute Gasteiger partial charge is 0.382 e. The second-order valence-corrected chi connectivity index (χ2v) is 6.74. The number of nitrogens with two attached hydrogens (primary N) is 1. The van der Waals surface area contributed by atoms with Crippen molar-refractivity contribution in [2.45, 2.75) is 32.9 Å². The van der Waals surface area contributed by atoms with Gasteiger partial charge in [0.2, 0.25) is 0 Å². The third-order valence-corrected chi connectivity index (χ3v) is 4.47. The van der Waals surface area contributed by atoms with Crippen LogP contribution in [0, 0.1) is 11.3 Å². The normalized spacial score (nSPS) is 12.1. The molecule has 0 saturated carbocycles. The Kier molecular flexibility index (Phi) is 4.97. The van der Waals surface area contributed by atoms with Gasteiger partial charge in [0.1, 0.15) is 35.4 Å². The van der Waals surface area contributed by atoms with Gasteiger partial charge in [-0.3, -0.25) is 9.36 Å². The molecule has 3 rings (SSSR count). The lowest BCUT2D eigenvalue weighted by atomic mass is 10.2. The molecule has 0 aliphatic rings. The first-order valence-electron chi connectivity index (χ1n) is 8.33. The SMILES string of the molecule is CC(C)n1c([C@H](C)Nc2ncnc(N)c2C#N)nc2cccc(Cl)c2c1=O. The van der Waals surface area contributed by atoms with Crippen LogP contribution < -0.4 is 16.6 Å². The minimum Gasteiger partial charge on any atom is -0.382 e. The Bertz CT molecular complexity index is 1120. The smallest absolute Gasteiger partial charge is 0.263 e. The molecular formula is C18H18ClN7O. The quantitative estimate of drug-likeness (QED) is 0.709. The predicted molar refractivity (Wildman–Crippen MR) is 105 cm³/mol. The third kappa shape index (κ3) is 3.29. The summed E-state index contributed by atoms with van der Waals surface area (Å²) in [6.07, 6.45) is 1.27. The zero-order valence-electron chi connectivity index (χ0n) is 15.1. The van der Waals surface area contributed by atoms with Gasteiger partial charge in [-0.15, -0.1) is 0 Å². The molecule has 0 radical (unpaired) electrons. The summed E-state index contributed by atoms with van der Waals surface area (Å²) >= 11 is 6.22. The van der Waals surface area contributed by atoms with E-state index < -0.39 is 6.04 Å². The van der Waals surface area contributed by atoms with Gasteiger partial charge < -0.3 is 11.1 Å². The van der Waals surface area contributed by atoms with Gasteiger partial charge in [-0.25, -0.2) is 15.0 Å². The molecular weight excluding hydrogens is 366 g/mol. The molecule has 0 aliphatic carbocycles. The van der Waals surface area contributed by atoms with Crippen molar-refractivity contribution in [2.24, 2.45) is 0 Å². The number of fused-ring (bicyclic) bond motifs is 1. The van der Waals surface area contributed by atoms with Gasteiger partial charge in [-0.05, 0) is 32.9 Å². The number of hydrogen-bond donors (Lipinski definition) is 2. The fourth-order valence-electron chi connectivity index (χ4n) is 2.91. The van der Waals surface area contributed by atoms with E-state index in [2.05, 4.69) is 20.3 Å². The topological polar surface area (TPSA) is 123 Å². The summed E-state index contributed by atoms with van der Waals surface area (Å²) in [5, 5.41) is 13.2. The fourth-order valence-corrected chi connectivity index (χ4v) is 3.16. The first-order chi connectivity index (χ1) is 12.8. The van der Waals surface area contributed by atoms with Gasteiger partial charge in [0.15, 0.2) is 0 Å². The van der Waals surface area contributed by atoms with E-state index in [0.717, 1.165) is 0 Å². The molecule has 0 saturated heterocycles. The molecule has 0 bridgehead atoms. The van der Waals surface area contributed by atoms with Crippen LogP contribution in [0.3, 0.4) is 0 Å². The van der Waals surface area contributed by atoms with Crippen LogP contribution in [-0.4, -0.2) is 19.5 Å². The number of halogens is 1. The second kappa shape index (κ2) is 7.21. The van der Waals surface area contributed by atoms with Gasteiger partial charge in [0.25, 0.3) is 5.56 Å². The summed E-state index contributed by atoms with van der Waals surface area (Å²) < 4.78 is 1.59. The molecule has 8 nitrogen and oxygen atoms in total. The number of rotatable bonds is 4. The van der Waals surface area contributed by atoms with Crippen LogP contribution in [0.2, 0.25) is 5.02 Å². The lowest BCUT2D eigenvalue weighted by Gasteiger charge is -2.22. The Balaban J connectivity index is 2.17. The zero-order valence-corrected chi connectivity index (χ0v) is 15.8. The molecule has 27 heavy (non-hydrogen) atoms. The van der Waals surface area contributed by atoms with Gasteiger partial charge in [-0.2, -0.15) is 5.26 Å².